The van der Waals surface area contributed by atoms with Crippen LogP contribution < -0.4 is 0 Å². The number of rotatable bonds is 2. The lowest BCUT2D eigenvalue weighted by Crippen LogP contribution is -1.96. The summed E-state index contributed by atoms with van der Waals surface area (Å²) in [5.74, 6) is 0. The first-order valence-electron chi connectivity index (χ1n) is 3.81. The van der Waals surface area contributed by atoms with Crippen molar-refractivity contribution in [1.29, 1.82) is 0 Å². The van der Waals surface area contributed by atoms with E-state index in [1.54, 1.807) is 6.20 Å². The molecule has 0 N–H and O–H groups in total. The summed E-state index contributed by atoms with van der Waals surface area (Å²) in [5.41, 5.74) is 1.51. The Morgan fingerprint density at radius 3 is 2.91 bits per heavy atom. The molecule has 0 saturated heterocycles. The van der Waals surface area contributed by atoms with Gasteiger partial charge in [0.25, 0.3) is 0 Å². The first-order chi connectivity index (χ1) is 5.25. The third-order valence-corrected chi connectivity index (χ3v) is 1.71. The van der Waals surface area contributed by atoms with Gasteiger partial charge in [-0.1, -0.05) is 13.0 Å². The van der Waals surface area contributed by atoms with Gasteiger partial charge in [0.15, 0.2) is 0 Å². The monoisotopic (exact) mass is 153 g/mol. The van der Waals surface area contributed by atoms with Crippen molar-refractivity contribution in [1.82, 2.24) is 4.98 Å². The largest absolute Gasteiger partial charge is 0.258 e. The first kappa shape index (κ1) is 8.18. The van der Waals surface area contributed by atoms with E-state index in [9.17, 15) is 4.39 Å². The summed E-state index contributed by atoms with van der Waals surface area (Å²) < 4.78 is 13.1. The molecule has 0 fully saturated rings. The molecule has 0 bridgehead atoms. The maximum atomic E-state index is 13.1. The van der Waals surface area contributed by atoms with Crippen LogP contribution in [0.2, 0.25) is 0 Å². The minimum atomic E-state index is -0.906. The second-order valence-electron chi connectivity index (χ2n) is 2.58. The Labute approximate surface area is 66.3 Å². The van der Waals surface area contributed by atoms with Crippen molar-refractivity contribution in [3.8, 4) is 0 Å². The molecule has 1 nitrogen and oxygen atoms in total. The lowest BCUT2D eigenvalue weighted by atomic mass is 10.1. The molecule has 0 spiro atoms. The molecule has 0 aliphatic carbocycles. The zero-order valence-corrected chi connectivity index (χ0v) is 6.84. The van der Waals surface area contributed by atoms with Crippen molar-refractivity contribution >= 4 is 0 Å². The van der Waals surface area contributed by atoms with Gasteiger partial charge >= 0.3 is 0 Å². The van der Waals surface area contributed by atoms with Crippen LogP contribution in [0.15, 0.2) is 18.3 Å². The fourth-order valence-electron chi connectivity index (χ4n) is 1.02. The van der Waals surface area contributed by atoms with E-state index in [1.807, 2.05) is 26.0 Å². The van der Waals surface area contributed by atoms with Crippen LogP contribution in [0.3, 0.4) is 0 Å². The van der Waals surface area contributed by atoms with Crippen molar-refractivity contribution < 1.29 is 4.39 Å². The van der Waals surface area contributed by atoms with Crippen molar-refractivity contribution in [2.24, 2.45) is 0 Å². The van der Waals surface area contributed by atoms with E-state index >= 15 is 0 Å². The summed E-state index contributed by atoms with van der Waals surface area (Å²) in [4.78, 5) is 3.97. The Morgan fingerprint density at radius 2 is 2.36 bits per heavy atom. The zero-order valence-electron chi connectivity index (χ0n) is 6.84. The van der Waals surface area contributed by atoms with Gasteiger partial charge in [0.1, 0.15) is 6.17 Å². The molecular weight excluding hydrogens is 141 g/mol. The molecule has 2 heteroatoms. The molecule has 0 amide bonds. The molecule has 0 aliphatic rings. The Kier molecular flexibility index (Phi) is 2.58. The Bertz CT molecular complexity index is 235. The summed E-state index contributed by atoms with van der Waals surface area (Å²) in [6, 6.07) is 3.70. The van der Waals surface area contributed by atoms with E-state index in [0.717, 1.165) is 5.56 Å². The second-order valence-corrected chi connectivity index (χ2v) is 2.58. The molecule has 1 unspecified atom stereocenters. The highest BCUT2D eigenvalue weighted by Gasteiger charge is 2.09. The highest BCUT2D eigenvalue weighted by molar-refractivity contribution is 5.19. The van der Waals surface area contributed by atoms with Crippen LogP contribution in [0.4, 0.5) is 4.39 Å². The van der Waals surface area contributed by atoms with Crippen LogP contribution in [0.1, 0.15) is 30.8 Å². The second kappa shape index (κ2) is 3.46. The van der Waals surface area contributed by atoms with E-state index in [2.05, 4.69) is 4.98 Å². The van der Waals surface area contributed by atoms with Crippen LogP contribution >= 0.6 is 0 Å². The molecule has 1 heterocycles. The van der Waals surface area contributed by atoms with Crippen molar-refractivity contribution in [2.45, 2.75) is 26.4 Å². The molecular formula is C9H12FN. The van der Waals surface area contributed by atoms with E-state index in [0.29, 0.717) is 12.1 Å². The Hall–Kier alpha value is -0.920. The molecule has 0 radical (unpaired) electrons. The number of hydrogen-bond acceptors (Lipinski definition) is 1. The summed E-state index contributed by atoms with van der Waals surface area (Å²) in [7, 11) is 0. The molecule has 1 aromatic rings. The van der Waals surface area contributed by atoms with Crippen LogP contribution in [0.25, 0.3) is 0 Å². The zero-order chi connectivity index (χ0) is 8.27. The minimum Gasteiger partial charge on any atom is -0.258 e. The molecule has 0 saturated carbocycles. The standard InChI is InChI=1S/C9H12FN/c1-3-8(10)9-7(2)5-4-6-11-9/h4-6,8H,3H2,1-2H3. The lowest BCUT2D eigenvalue weighted by molar-refractivity contribution is 0.325. The van der Waals surface area contributed by atoms with Crippen LogP contribution in [0.5, 0.6) is 0 Å². The summed E-state index contributed by atoms with van der Waals surface area (Å²) >= 11 is 0. The number of hydrogen-bond donors (Lipinski definition) is 0. The van der Waals surface area contributed by atoms with Gasteiger partial charge in [0.05, 0.1) is 5.69 Å². The molecule has 0 aromatic carbocycles. The van der Waals surface area contributed by atoms with Crippen molar-refractivity contribution in [3.63, 3.8) is 0 Å². The lowest BCUT2D eigenvalue weighted by Gasteiger charge is -2.06. The topological polar surface area (TPSA) is 12.9 Å². The van der Waals surface area contributed by atoms with E-state index in [1.165, 1.54) is 0 Å². The number of pyridine rings is 1. The fraction of sp³-hybridized carbons (Fsp3) is 0.444. The SMILES string of the molecule is CCC(F)c1ncccc1C. The summed E-state index contributed by atoms with van der Waals surface area (Å²) in [5, 5.41) is 0. The number of aryl methyl sites for hydroxylation is 1. The molecule has 11 heavy (non-hydrogen) atoms. The minimum absolute atomic E-state index is 0.498. The summed E-state index contributed by atoms with van der Waals surface area (Å²) in [6.07, 6.45) is 1.22. The third-order valence-electron chi connectivity index (χ3n) is 1.71. The molecule has 1 atom stereocenters. The van der Waals surface area contributed by atoms with Gasteiger partial charge in [-0.2, -0.15) is 0 Å². The van der Waals surface area contributed by atoms with E-state index in [-0.39, 0.29) is 0 Å². The number of aromatic nitrogens is 1. The van der Waals surface area contributed by atoms with Crippen molar-refractivity contribution in [2.75, 3.05) is 0 Å². The van der Waals surface area contributed by atoms with E-state index in [4.69, 9.17) is 0 Å². The van der Waals surface area contributed by atoms with E-state index < -0.39 is 6.17 Å². The van der Waals surface area contributed by atoms with Crippen LogP contribution in [-0.2, 0) is 0 Å². The Morgan fingerprint density at radius 1 is 1.64 bits per heavy atom. The smallest absolute Gasteiger partial charge is 0.142 e. The van der Waals surface area contributed by atoms with Gasteiger partial charge in [0.2, 0.25) is 0 Å². The number of nitrogens with zero attached hydrogens (tertiary/aromatic N) is 1. The van der Waals surface area contributed by atoms with Gasteiger partial charge < -0.3 is 0 Å². The quantitative estimate of drug-likeness (QED) is 0.636. The predicted molar refractivity (Wildman–Crippen MR) is 43.1 cm³/mol. The van der Waals surface area contributed by atoms with Crippen LogP contribution in [0, 0.1) is 6.92 Å². The molecule has 60 valence electrons. The van der Waals surface area contributed by atoms with Gasteiger partial charge in [-0.3, -0.25) is 4.98 Å². The van der Waals surface area contributed by atoms with Gasteiger partial charge in [0, 0.05) is 6.20 Å². The summed E-state index contributed by atoms with van der Waals surface area (Å²) in [6.45, 7) is 3.70. The maximum absolute atomic E-state index is 13.1. The first-order valence-corrected chi connectivity index (χ1v) is 3.81. The predicted octanol–water partition coefficient (Wildman–Crippen LogP) is 2.81. The molecule has 0 aliphatic heterocycles. The Balaban J connectivity index is 2.93. The van der Waals surface area contributed by atoms with Crippen LogP contribution in [-0.4, -0.2) is 4.98 Å². The highest BCUT2D eigenvalue weighted by atomic mass is 19.1. The average Bonchev–Trinajstić information content (AvgIpc) is 2.04. The van der Waals surface area contributed by atoms with Gasteiger partial charge in [-0.05, 0) is 25.0 Å². The number of halogens is 1. The maximum Gasteiger partial charge on any atom is 0.142 e. The number of alkyl halides is 1. The van der Waals surface area contributed by atoms with Crippen molar-refractivity contribution in [3.05, 3.63) is 29.6 Å². The molecule has 1 aromatic heterocycles. The van der Waals surface area contributed by atoms with Gasteiger partial charge in [-0.25, -0.2) is 4.39 Å². The highest BCUT2D eigenvalue weighted by Crippen LogP contribution is 2.20. The fourth-order valence-corrected chi connectivity index (χ4v) is 1.02. The average molecular weight is 153 g/mol. The van der Waals surface area contributed by atoms with Gasteiger partial charge in [-0.15, -0.1) is 0 Å². The molecule has 1 rings (SSSR count). The normalized spacial score (nSPS) is 13.0. The third kappa shape index (κ3) is 1.76.